The summed E-state index contributed by atoms with van der Waals surface area (Å²) >= 11 is 0. The lowest BCUT2D eigenvalue weighted by Gasteiger charge is -2.28. The van der Waals surface area contributed by atoms with Gasteiger partial charge in [-0.2, -0.15) is 0 Å². The monoisotopic (exact) mass is 219 g/mol. The first kappa shape index (κ1) is 12.8. The Morgan fingerprint density at radius 3 is 2.31 bits per heavy atom. The van der Waals surface area contributed by atoms with E-state index in [4.69, 9.17) is 0 Å². The number of amides is 1. The van der Waals surface area contributed by atoms with Gasteiger partial charge >= 0.3 is 0 Å². The van der Waals surface area contributed by atoms with Gasteiger partial charge in [0.25, 0.3) is 0 Å². The molecule has 1 unspecified atom stereocenters. The van der Waals surface area contributed by atoms with Gasteiger partial charge < -0.3 is 5.32 Å². The maximum atomic E-state index is 11.8. The number of benzene rings is 1. The molecule has 0 heterocycles. The maximum Gasteiger partial charge on any atom is 0.224 e. The summed E-state index contributed by atoms with van der Waals surface area (Å²) in [5, 5.41) is 3.03. The zero-order chi connectivity index (χ0) is 12.2. The molecule has 0 bridgehead atoms. The number of carbonyl (C=O) groups is 1. The summed E-state index contributed by atoms with van der Waals surface area (Å²) in [7, 11) is 0. The summed E-state index contributed by atoms with van der Waals surface area (Å²) in [6.07, 6.45) is 0.460. The van der Waals surface area contributed by atoms with E-state index in [1.165, 1.54) is 0 Å². The van der Waals surface area contributed by atoms with Crippen LogP contribution in [0.3, 0.4) is 0 Å². The second kappa shape index (κ2) is 5.15. The standard InChI is InChI=1S/C14H21NO/c1-11(14(2,3)4)15-13(16)10-12-8-6-5-7-9-12/h5-9,11H,10H2,1-4H3,(H,15,16). The summed E-state index contributed by atoms with van der Waals surface area (Å²) in [5.74, 6) is 0.0913. The highest BCUT2D eigenvalue weighted by atomic mass is 16.1. The molecule has 0 saturated carbocycles. The fourth-order valence-electron chi connectivity index (χ4n) is 1.29. The molecule has 0 radical (unpaired) electrons. The van der Waals surface area contributed by atoms with Crippen LogP contribution in [0.15, 0.2) is 30.3 Å². The molecule has 0 aliphatic rings. The SMILES string of the molecule is CC(NC(=O)Cc1ccccc1)C(C)(C)C. The Morgan fingerprint density at radius 2 is 1.81 bits per heavy atom. The summed E-state index contributed by atoms with van der Waals surface area (Å²) < 4.78 is 0. The Kier molecular flexibility index (Phi) is 4.11. The molecule has 0 fully saturated rings. The van der Waals surface area contributed by atoms with Crippen LogP contribution < -0.4 is 5.32 Å². The average Bonchev–Trinajstić information content (AvgIpc) is 2.17. The van der Waals surface area contributed by atoms with Crippen LogP contribution in [0.2, 0.25) is 0 Å². The average molecular weight is 219 g/mol. The third-order valence-corrected chi connectivity index (χ3v) is 2.88. The van der Waals surface area contributed by atoms with Crippen LogP contribution in [0.5, 0.6) is 0 Å². The van der Waals surface area contributed by atoms with Crippen molar-refractivity contribution in [2.75, 3.05) is 0 Å². The van der Waals surface area contributed by atoms with E-state index in [1.807, 2.05) is 37.3 Å². The van der Waals surface area contributed by atoms with E-state index in [1.54, 1.807) is 0 Å². The van der Waals surface area contributed by atoms with E-state index in [2.05, 4.69) is 26.1 Å². The molecule has 0 saturated heterocycles. The largest absolute Gasteiger partial charge is 0.353 e. The first-order chi connectivity index (χ1) is 7.39. The number of nitrogens with one attached hydrogen (secondary N) is 1. The van der Waals surface area contributed by atoms with E-state index >= 15 is 0 Å². The summed E-state index contributed by atoms with van der Waals surface area (Å²) in [4.78, 5) is 11.8. The lowest BCUT2D eigenvalue weighted by atomic mass is 9.88. The van der Waals surface area contributed by atoms with Crippen molar-refractivity contribution in [3.05, 3.63) is 35.9 Å². The van der Waals surface area contributed by atoms with E-state index in [9.17, 15) is 4.79 Å². The number of hydrogen-bond acceptors (Lipinski definition) is 1. The minimum atomic E-state index is 0.0913. The Hall–Kier alpha value is -1.31. The minimum absolute atomic E-state index is 0.0913. The van der Waals surface area contributed by atoms with Crippen LogP contribution in [0, 0.1) is 5.41 Å². The molecule has 1 aromatic rings. The molecule has 1 N–H and O–H groups in total. The highest BCUT2D eigenvalue weighted by molar-refractivity contribution is 5.78. The third kappa shape index (κ3) is 4.05. The van der Waals surface area contributed by atoms with E-state index < -0.39 is 0 Å². The van der Waals surface area contributed by atoms with Crippen LogP contribution in [-0.2, 0) is 11.2 Å². The topological polar surface area (TPSA) is 29.1 Å². The van der Waals surface area contributed by atoms with Crippen molar-refractivity contribution < 1.29 is 4.79 Å². The van der Waals surface area contributed by atoms with Gasteiger partial charge in [-0.15, -0.1) is 0 Å². The minimum Gasteiger partial charge on any atom is -0.353 e. The molecule has 1 rings (SSSR count). The molecule has 16 heavy (non-hydrogen) atoms. The number of carbonyl (C=O) groups excluding carboxylic acids is 1. The lowest BCUT2D eigenvalue weighted by molar-refractivity contribution is -0.121. The molecule has 0 aromatic heterocycles. The predicted octanol–water partition coefficient (Wildman–Crippen LogP) is 2.78. The van der Waals surface area contributed by atoms with Crippen molar-refractivity contribution in [1.82, 2.24) is 5.32 Å². The Morgan fingerprint density at radius 1 is 1.25 bits per heavy atom. The first-order valence-corrected chi connectivity index (χ1v) is 5.73. The first-order valence-electron chi connectivity index (χ1n) is 5.73. The fourth-order valence-corrected chi connectivity index (χ4v) is 1.29. The van der Waals surface area contributed by atoms with Crippen molar-refractivity contribution in [3.8, 4) is 0 Å². The molecule has 1 aromatic carbocycles. The third-order valence-electron chi connectivity index (χ3n) is 2.88. The summed E-state index contributed by atoms with van der Waals surface area (Å²) in [5.41, 5.74) is 1.16. The molecular formula is C14H21NO. The maximum absolute atomic E-state index is 11.8. The fraction of sp³-hybridized carbons (Fsp3) is 0.500. The van der Waals surface area contributed by atoms with Crippen LogP contribution in [0.25, 0.3) is 0 Å². The zero-order valence-corrected chi connectivity index (χ0v) is 10.6. The van der Waals surface area contributed by atoms with E-state index in [0.29, 0.717) is 6.42 Å². The lowest BCUT2D eigenvalue weighted by Crippen LogP contribution is -2.42. The molecule has 0 spiro atoms. The molecule has 0 aliphatic heterocycles. The van der Waals surface area contributed by atoms with Gasteiger partial charge in [-0.05, 0) is 17.9 Å². The zero-order valence-electron chi connectivity index (χ0n) is 10.6. The quantitative estimate of drug-likeness (QED) is 0.832. The molecular weight excluding hydrogens is 198 g/mol. The normalized spacial score (nSPS) is 13.2. The van der Waals surface area contributed by atoms with Crippen LogP contribution >= 0.6 is 0 Å². The smallest absolute Gasteiger partial charge is 0.224 e. The van der Waals surface area contributed by atoms with Gasteiger partial charge in [0.2, 0.25) is 5.91 Å². The van der Waals surface area contributed by atoms with Gasteiger partial charge in [0.15, 0.2) is 0 Å². The van der Waals surface area contributed by atoms with Crippen molar-refractivity contribution in [2.24, 2.45) is 5.41 Å². The number of rotatable bonds is 3. The van der Waals surface area contributed by atoms with Gasteiger partial charge in [-0.25, -0.2) is 0 Å². The van der Waals surface area contributed by atoms with E-state index in [-0.39, 0.29) is 17.4 Å². The van der Waals surface area contributed by atoms with Crippen molar-refractivity contribution in [1.29, 1.82) is 0 Å². The molecule has 1 amide bonds. The highest BCUT2D eigenvalue weighted by Gasteiger charge is 2.21. The Bertz CT molecular complexity index is 338. The van der Waals surface area contributed by atoms with Gasteiger partial charge in [0.05, 0.1) is 6.42 Å². The second-order valence-electron chi connectivity index (χ2n) is 5.32. The summed E-state index contributed by atoms with van der Waals surface area (Å²) in [6, 6.07) is 10.00. The van der Waals surface area contributed by atoms with Gasteiger partial charge in [-0.3, -0.25) is 4.79 Å². The summed E-state index contributed by atoms with van der Waals surface area (Å²) in [6.45, 7) is 8.42. The molecule has 2 nitrogen and oxygen atoms in total. The van der Waals surface area contributed by atoms with Crippen LogP contribution in [0.4, 0.5) is 0 Å². The van der Waals surface area contributed by atoms with Crippen molar-refractivity contribution in [2.45, 2.75) is 40.2 Å². The van der Waals surface area contributed by atoms with Gasteiger partial charge in [-0.1, -0.05) is 51.1 Å². The van der Waals surface area contributed by atoms with Gasteiger partial charge in [0, 0.05) is 6.04 Å². The Labute approximate surface area is 98.1 Å². The number of hydrogen-bond donors (Lipinski definition) is 1. The molecule has 0 aliphatic carbocycles. The highest BCUT2D eigenvalue weighted by Crippen LogP contribution is 2.18. The van der Waals surface area contributed by atoms with Gasteiger partial charge in [0.1, 0.15) is 0 Å². The molecule has 88 valence electrons. The van der Waals surface area contributed by atoms with Crippen molar-refractivity contribution >= 4 is 5.91 Å². The van der Waals surface area contributed by atoms with Crippen LogP contribution in [-0.4, -0.2) is 11.9 Å². The van der Waals surface area contributed by atoms with E-state index in [0.717, 1.165) is 5.56 Å². The molecule has 2 heteroatoms. The van der Waals surface area contributed by atoms with Crippen molar-refractivity contribution in [3.63, 3.8) is 0 Å². The Balaban J connectivity index is 2.49. The molecule has 1 atom stereocenters. The van der Waals surface area contributed by atoms with Crippen LogP contribution in [0.1, 0.15) is 33.3 Å². The second-order valence-corrected chi connectivity index (χ2v) is 5.32. The predicted molar refractivity (Wildman–Crippen MR) is 67.2 cm³/mol.